The fourth-order valence-corrected chi connectivity index (χ4v) is 3.02. The highest BCUT2D eigenvalue weighted by Gasteiger charge is 2.38. The molecule has 1 aromatic rings. The summed E-state index contributed by atoms with van der Waals surface area (Å²) in [5.41, 5.74) is -0.623. The van der Waals surface area contributed by atoms with E-state index in [1.54, 1.807) is 0 Å². The normalized spacial score (nSPS) is 17.9. The molecule has 0 N–H and O–H groups in total. The molecule has 6 nitrogen and oxygen atoms in total. The summed E-state index contributed by atoms with van der Waals surface area (Å²) >= 11 is 0. The van der Waals surface area contributed by atoms with Crippen LogP contribution in [-0.4, -0.2) is 54.3 Å². The van der Waals surface area contributed by atoms with Crippen LogP contribution in [0.4, 0.5) is 13.2 Å². The Labute approximate surface area is 141 Å². The fraction of sp³-hybridized carbons (Fsp3) is 0.438. The number of methoxy groups -OCH3 is 1. The van der Waals surface area contributed by atoms with Crippen molar-refractivity contribution in [2.75, 3.05) is 26.7 Å². The summed E-state index contributed by atoms with van der Waals surface area (Å²) in [5.74, 6) is -6.50. The lowest BCUT2D eigenvalue weighted by Crippen LogP contribution is -2.54. The molecule has 2 fully saturated rings. The Hall–Kier alpha value is -2.58. The van der Waals surface area contributed by atoms with E-state index >= 15 is 0 Å². The molecule has 0 aliphatic carbocycles. The van der Waals surface area contributed by atoms with E-state index in [4.69, 9.17) is 0 Å². The lowest BCUT2D eigenvalue weighted by Gasteiger charge is -2.40. The van der Waals surface area contributed by atoms with Gasteiger partial charge in [-0.3, -0.25) is 19.3 Å². The molecule has 3 rings (SSSR count). The highest BCUT2D eigenvalue weighted by atomic mass is 19.2. The summed E-state index contributed by atoms with van der Waals surface area (Å²) in [6.07, 6.45) is 0.377. The van der Waals surface area contributed by atoms with Crippen molar-refractivity contribution in [3.63, 3.8) is 0 Å². The first-order valence-electron chi connectivity index (χ1n) is 7.67. The SMILES string of the molecule is COc1c(F)c(F)cc(C(=O)N2CC(CN3C(=O)CCC3=O)C2)c1F. The van der Waals surface area contributed by atoms with E-state index in [-0.39, 0.29) is 50.2 Å². The summed E-state index contributed by atoms with van der Waals surface area (Å²) in [6.45, 7) is 0.582. The van der Waals surface area contributed by atoms with Crippen LogP contribution in [0.15, 0.2) is 6.07 Å². The molecule has 0 unspecified atom stereocenters. The predicted octanol–water partition coefficient (Wildman–Crippen LogP) is 1.33. The predicted molar refractivity (Wildman–Crippen MR) is 78.2 cm³/mol. The average molecular weight is 356 g/mol. The number of hydrogen-bond donors (Lipinski definition) is 0. The van der Waals surface area contributed by atoms with Gasteiger partial charge in [0.15, 0.2) is 17.4 Å². The van der Waals surface area contributed by atoms with Gasteiger partial charge in [-0.25, -0.2) is 8.78 Å². The Morgan fingerprint density at radius 3 is 2.32 bits per heavy atom. The van der Waals surface area contributed by atoms with E-state index in [1.807, 2.05) is 0 Å². The van der Waals surface area contributed by atoms with E-state index in [9.17, 15) is 27.6 Å². The third kappa shape index (κ3) is 2.94. The van der Waals surface area contributed by atoms with E-state index in [2.05, 4.69) is 4.74 Å². The molecule has 0 bridgehead atoms. The third-order valence-corrected chi connectivity index (χ3v) is 4.39. The molecule has 0 saturated carbocycles. The molecule has 0 spiro atoms. The molecule has 2 heterocycles. The Kier molecular flexibility index (Phi) is 4.40. The lowest BCUT2D eigenvalue weighted by molar-refractivity contribution is -0.139. The molecule has 2 aliphatic heterocycles. The largest absolute Gasteiger partial charge is 0.491 e. The smallest absolute Gasteiger partial charge is 0.257 e. The number of rotatable bonds is 4. The monoisotopic (exact) mass is 356 g/mol. The molecule has 1 aromatic carbocycles. The number of imide groups is 1. The van der Waals surface area contributed by atoms with Gasteiger partial charge in [-0.05, 0) is 6.07 Å². The van der Waals surface area contributed by atoms with Crippen LogP contribution in [-0.2, 0) is 9.59 Å². The van der Waals surface area contributed by atoms with Crippen LogP contribution in [0.3, 0.4) is 0 Å². The van der Waals surface area contributed by atoms with E-state index in [0.717, 1.165) is 12.0 Å². The summed E-state index contributed by atoms with van der Waals surface area (Å²) in [4.78, 5) is 37.8. The molecular weight excluding hydrogens is 341 g/mol. The Bertz CT molecular complexity index is 746. The molecule has 0 radical (unpaired) electrons. The second-order valence-electron chi connectivity index (χ2n) is 6.04. The molecule has 2 aliphatic rings. The first-order chi connectivity index (χ1) is 11.8. The molecule has 25 heavy (non-hydrogen) atoms. The Morgan fingerprint density at radius 1 is 1.16 bits per heavy atom. The minimum atomic E-state index is -1.50. The average Bonchev–Trinajstić information content (AvgIpc) is 2.85. The third-order valence-electron chi connectivity index (χ3n) is 4.39. The van der Waals surface area contributed by atoms with Gasteiger partial charge >= 0.3 is 0 Å². The summed E-state index contributed by atoms with van der Waals surface area (Å²) in [6, 6.07) is 0.496. The molecule has 9 heteroatoms. The number of likely N-dealkylation sites (tertiary alicyclic amines) is 2. The van der Waals surface area contributed by atoms with Crippen LogP contribution < -0.4 is 4.74 Å². The first-order valence-corrected chi connectivity index (χ1v) is 7.67. The quantitative estimate of drug-likeness (QED) is 0.603. The number of benzene rings is 1. The van der Waals surface area contributed by atoms with Gasteiger partial charge in [0.2, 0.25) is 17.6 Å². The van der Waals surface area contributed by atoms with Crippen LogP contribution >= 0.6 is 0 Å². The molecular formula is C16H15F3N2O4. The minimum absolute atomic E-state index is 0.120. The number of hydrogen-bond acceptors (Lipinski definition) is 4. The van der Waals surface area contributed by atoms with Crippen LogP contribution in [0.2, 0.25) is 0 Å². The topological polar surface area (TPSA) is 66.9 Å². The van der Waals surface area contributed by atoms with Crippen LogP contribution in [0.1, 0.15) is 23.2 Å². The van der Waals surface area contributed by atoms with Gasteiger partial charge in [-0.1, -0.05) is 0 Å². The van der Waals surface area contributed by atoms with Crippen molar-refractivity contribution in [3.05, 3.63) is 29.1 Å². The van der Waals surface area contributed by atoms with Gasteiger partial charge in [0.1, 0.15) is 0 Å². The van der Waals surface area contributed by atoms with Crippen molar-refractivity contribution < 1.29 is 32.3 Å². The van der Waals surface area contributed by atoms with E-state index in [1.165, 1.54) is 4.90 Å². The number of ether oxygens (including phenoxy) is 1. The molecule has 0 aromatic heterocycles. The zero-order chi connectivity index (χ0) is 18.3. The maximum absolute atomic E-state index is 14.1. The van der Waals surface area contributed by atoms with Gasteiger partial charge in [0.25, 0.3) is 5.91 Å². The lowest BCUT2D eigenvalue weighted by atomic mass is 9.98. The highest BCUT2D eigenvalue weighted by molar-refractivity contribution is 6.02. The highest BCUT2D eigenvalue weighted by Crippen LogP contribution is 2.29. The zero-order valence-corrected chi connectivity index (χ0v) is 13.4. The number of amides is 3. The Balaban J connectivity index is 1.67. The fourth-order valence-electron chi connectivity index (χ4n) is 3.02. The molecule has 3 amide bonds. The van der Waals surface area contributed by atoms with Crippen molar-refractivity contribution in [2.24, 2.45) is 5.92 Å². The van der Waals surface area contributed by atoms with Crippen molar-refractivity contribution in [1.29, 1.82) is 0 Å². The number of nitrogens with zero attached hydrogens (tertiary/aromatic N) is 2. The zero-order valence-electron chi connectivity index (χ0n) is 13.4. The maximum atomic E-state index is 14.1. The summed E-state index contributed by atoms with van der Waals surface area (Å²) in [5, 5.41) is 0. The van der Waals surface area contributed by atoms with Crippen LogP contribution in [0.5, 0.6) is 5.75 Å². The van der Waals surface area contributed by atoms with Crippen molar-refractivity contribution in [2.45, 2.75) is 12.8 Å². The van der Waals surface area contributed by atoms with Gasteiger partial charge in [-0.15, -0.1) is 0 Å². The summed E-state index contributed by atoms with van der Waals surface area (Å²) < 4.78 is 45.5. The minimum Gasteiger partial charge on any atom is -0.491 e. The molecule has 0 atom stereocenters. The van der Waals surface area contributed by atoms with Crippen molar-refractivity contribution in [3.8, 4) is 5.75 Å². The maximum Gasteiger partial charge on any atom is 0.257 e. The Morgan fingerprint density at radius 2 is 1.76 bits per heavy atom. The molecule has 134 valence electrons. The van der Waals surface area contributed by atoms with E-state index in [0.29, 0.717) is 6.07 Å². The second kappa shape index (κ2) is 6.38. The summed E-state index contributed by atoms with van der Waals surface area (Å²) in [7, 11) is 0.971. The van der Waals surface area contributed by atoms with Gasteiger partial charge in [-0.2, -0.15) is 4.39 Å². The van der Waals surface area contributed by atoms with E-state index < -0.39 is 34.7 Å². The standard InChI is InChI=1S/C16H15F3N2O4/c1-25-15-13(18)9(4-10(17)14(15)19)16(24)20-5-8(6-20)7-21-11(22)2-3-12(21)23/h4,8H,2-3,5-7H2,1H3. The van der Waals surface area contributed by atoms with Crippen molar-refractivity contribution >= 4 is 17.7 Å². The van der Waals surface area contributed by atoms with Gasteiger partial charge < -0.3 is 9.64 Å². The second-order valence-corrected chi connectivity index (χ2v) is 6.04. The first kappa shape index (κ1) is 17.2. The van der Waals surface area contributed by atoms with Crippen LogP contribution in [0.25, 0.3) is 0 Å². The van der Waals surface area contributed by atoms with Crippen molar-refractivity contribution in [1.82, 2.24) is 9.80 Å². The number of carbonyl (C=O) groups excluding carboxylic acids is 3. The van der Waals surface area contributed by atoms with Crippen LogP contribution in [0, 0.1) is 23.4 Å². The van der Waals surface area contributed by atoms with Gasteiger partial charge in [0.05, 0.1) is 12.7 Å². The number of carbonyl (C=O) groups is 3. The van der Waals surface area contributed by atoms with Gasteiger partial charge in [0, 0.05) is 38.4 Å². The number of halogens is 3. The molecule has 2 saturated heterocycles.